The van der Waals surface area contributed by atoms with Crippen molar-refractivity contribution in [3.05, 3.63) is 29.8 Å². The van der Waals surface area contributed by atoms with Crippen molar-refractivity contribution in [3.8, 4) is 0 Å². The average molecular weight is 411 g/mol. The number of benzene rings is 1. The fraction of sp³-hybridized carbons (Fsp3) is 0.650. The zero-order valence-corrected chi connectivity index (χ0v) is 18.3. The highest BCUT2D eigenvalue weighted by Crippen LogP contribution is 2.20. The van der Waals surface area contributed by atoms with Crippen molar-refractivity contribution in [2.45, 2.75) is 70.5 Å². The lowest BCUT2D eigenvalue weighted by atomic mass is 9.99. The van der Waals surface area contributed by atoms with E-state index in [4.69, 9.17) is 0 Å². The average Bonchev–Trinajstić information content (AvgIpc) is 3.10. The van der Waals surface area contributed by atoms with Crippen LogP contribution in [0.4, 0.5) is 0 Å². The number of rotatable bonds is 9. The van der Waals surface area contributed by atoms with Crippen LogP contribution in [0.25, 0.3) is 0 Å². The summed E-state index contributed by atoms with van der Waals surface area (Å²) in [6, 6.07) is 6.60. The van der Waals surface area contributed by atoms with Crippen LogP contribution in [0.5, 0.6) is 0 Å². The molecule has 1 amide bonds. The molecule has 2 rings (SSSR count). The molecule has 1 aliphatic heterocycles. The van der Waals surface area contributed by atoms with E-state index in [0.717, 1.165) is 18.4 Å². The zero-order chi connectivity index (χ0) is 20.9. The smallest absolute Gasteiger partial charge is 0.243 e. The summed E-state index contributed by atoms with van der Waals surface area (Å²) in [6.45, 7) is 10.8. The molecule has 158 valence electrons. The van der Waals surface area contributed by atoms with Gasteiger partial charge in [-0.1, -0.05) is 39.8 Å². The van der Waals surface area contributed by atoms with Crippen LogP contribution in [0.2, 0.25) is 0 Å². The van der Waals surface area contributed by atoms with E-state index in [-0.39, 0.29) is 22.9 Å². The van der Waals surface area contributed by atoms with Gasteiger partial charge < -0.3 is 5.32 Å². The third-order valence-corrected chi connectivity index (χ3v) is 7.20. The van der Waals surface area contributed by atoms with Gasteiger partial charge in [0.15, 0.2) is 0 Å². The fourth-order valence-electron chi connectivity index (χ4n) is 3.56. The number of amides is 1. The summed E-state index contributed by atoms with van der Waals surface area (Å²) in [4.78, 5) is 12.8. The largest absolute Gasteiger partial charge is 0.348 e. The van der Waals surface area contributed by atoms with Gasteiger partial charge in [0.25, 0.3) is 0 Å². The van der Waals surface area contributed by atoms with Crippen LogP contribution >= 0.6 is 0 Å². The molecule has 0 aromatic heterocycles. The van der Waals surface area contributed by atoms with Crippen molar-refractivity contribution < 1.29 is 13.2 Å². The first-order chi connectivity index (χ1) is 13.2. The van der Waals surface area contributed by atoms with E-state index in [1.807, 2.05) is 20.8 Å². The SMILES string of the molecule is CCN(CC)S(=O)(=O)c1ccc(C(C)NC(=O)C2CC(CC(C)C)NN2)cc1. The maximum atomic E-state index is 12.6. The summed E-state index contributed by atoms with van der Waals surface area (Å²) in [5.74, 6) is 0.525. The molecule has 3 N–H and O–H groups in total. The predicted molar refractivity (Wildman–Crippen MR) is 111 cm³/mol. The minimum Gasteiger partial charge on any atom is -0.348 e. The molecule has 0 spiro atoms. The number of hydrogen-bond donors (Lipinski definition) is 3. The van der Waals surface area contributed by atoms with Crippen molar-refractivity contribution in [2.24, 2.45) is 5.92 Å². The molecule has 0 bridgehead atoms. The second-order valence-corrected chi connectivity index (χ2v) is 9.73. The van der Waals surface area contributed by atoms with Crippen molar-refractivity contribution in [2.75, 3.05) is 13.1 Å². The first kappa shape index (κ1) is 22.8. The highest BCUT2D eigenvalue weighted by molar-refractivity contribution is 7.89. The number of sulfonamides is 1. The Bertz CT molecular complexity index is 745. The number of carbonyl (C=O) groups excluding carboxylic acids is 1. The molecule has 1 aromatic rings. The number of hydrazine groups is 1. The summed E-state index contributed by atoms with van der Waals surface area (Å²) in [7, 11) is -3.47. The molecule has 1 aromatic carbocycles. The summed E-state index contributed by atoms with van der Waals surface area (Å²) in [5.41, 5.74) is 7.14. The van der Waals surface area contributed by atoms with Gasteiger partial charge in [0.05, 0.1) is 10.9 Å². The second-order valence-electron chi connectivity index (χ2n) is 7.79. The Kier molecular flexibility index (Phi) is 8.00. The molecule has 1 saturated heterocycles. The molecule has 1 fully saturated rings. The van der Waals surface area contributed by atoms with Crippen molar-refractivity contribution in [1.29, 1.82) is 0 Å². The van der Waals surface area contributed by atoms with Gasteiger partial charge in [-0.3, -0.25) is 10.2 Å². The lowest BCUT2D eigenvalue weighted by Gasteiger charge is -2.20. The molecule has 0 saturated carbocycles. The topological polar surface area (TPSA) is 90.5 Å². The van der Waals surface area contributed by atoms with Crippen LogP contribution in [0.15, 0.2) is 29.2 Å². The van der Waals surface area contributed by atoms with Crippen LogP contribution < -0.4 is 16.2 Å². The molecular weight excluding hydrogens is 376 g/mol. The van der Waals surface area contributed by atoms with E-state index in [1.54, 1.807) is 24.3 Å². The van der Waals surface area contributed by atoms with Crippen LogP contribution in [-0.4, -0.2) is 43.8 Å². The molecule has 7 nitrogen and oxygen atoms in total. The first-order valence-electron chi connectivity index (χ1n) is 10.1. The monoisotopic (exact) mass is 410 g/mol. The highest BCUT2D eigenvalue weighted by atomic mass is 32.2. The van der Waals surface area contributed by atoms with Gasteiger partial charge in [0.1, 0.15) is 6.04 Å². The predicted octanol–water partition coefficient (Wildman–Crippen LogP) is 2.18. The van der Waals surface area contributed by atoms with E-state index in [0.29, 0.717) is 25.0 Å². The van der Waals surface area contributed by atoms with Crippen LogP contribution in [-0.2, 0) is 14.8 Å². The highest BCUT2D eigenvalue weighted by Gasteiger charge is 2.30. The number of nitrogens with one attached hydrogen (secondary N) is 3. The van der Waals surface area contributed by atoms with Gasteiger partial charge in [0.2, 0.25) is 15.9 Å². The van der Waals surface area contributed by atoms with Gasteiger partial charge in [-0.25, -0.2) is 13.8 Å². The van der Waals surface area contributed by atoms with E-state index in [1.165, 1.54) is 4.31 Å². The Balaban J connectivity index is 1.98. The molecule has 8 heteroatoms. The quantitative estimate of drug-likeness (QED) is 0.580. The lowest BCUT2D eigenvalue weighted by Crippen LogP contribution is -2.44. The van der Waals surface area contributed by atoms with E-state index in [2.05, 4.69) is 30.0 Å². The van der Waals surface area contributed by atoms with E-state index in [9.17, 15) is 13.2 Å². The lowest BCUT2D eigenvalue weighted by molar-refractivity contribution is -0.123. The van der Waals surface area contributed by atoms with Crippen molar-refractivity contribution in [1.82, 2.24) is 20.5 Å². The second kappa shape index (κ2) is 9.82. The van der Waals surface area contributed by atoms with Gasteiger partial charge in [0, 0.05) is 19.1 Å². The molecule has 1 heterocycles. The maximum Gasteiger partial charge on any atom is 0.243 e. The Morgan fingerprint density at radius 2 is 1.75 bits per heavy atom. The van der Waals surface area contributed by atoms with Crippen LogP contribution in [0, 0.1) is 5.92 Å². The van der Waals surface area contributed by atoms with Gasteiger partial charge in [-0.05, 0) is 43.4 Å². The van der Waals surface area contributed by atoms with Crippen LogP contribution in [0.3, 0.4) is 0 Å². The number of hydrogen-bond acceptors (Lipinski definition) is 5. The third kappa shape index (κ3) is 5.53. The van der Waals surface area contributed by atoms with E-state index < -0.39 is 10.0 Å². The molecule has 1 aliphatic rings. The fourth-order valence-corrected chi connectivity index (χ4v) is 5.01. The summed E-state index contributed by atoms with van der Waals surface area (Å²) in [5, 5.41) is 3.01. The molecule has 3 atom stereocenters. The van der Waals surface area contributed by atoms with Gasteiger partial charge >= 0.3 is 0 Å². The standard InChI is InChI=1S/C20H34N4O3S/c1-6-24(7-2)28(26,27)18-10-8-16(9-11-18)15(5)21-20(25)19-13-17(22-23-19)12-14(3)4/h8-11,14-15,17,19,22-23H,6-7,12-13H2,1-5H3,(H,21,25). The first-order valence-corrected chi connectivity index (χ1v) is 11.5. The van der Waals surface area contributed by atoms with Crippen molar-refractivity contribution in [3.63, 3.8) is 0 Å². The Hall–Kier alpha value is -1.48. The maximum absolute atomic E-state index is 12.6. The zero-order valence-electron chi connectivity index (χ0n) is 17.5. The molecule has 3 unspecified atom stereocenters. The van der Waals surface area contributed by atoms with Gasteiger partial charge in [-0.2, -0.15) is 4.31 Å². The Labute approximate surface area is 169 Å². The number of carbonyl (C=O) groups is 1. The van der Waals surface area contributed by atoms with Gasteiger partial charge in [-0.15, -0.1) is 0 Å². The summed E-state index contributed by atoms with van der Waals surface area (Å²) < 4.78 is 26.6. The Morgan fingerprint density at radius 1 is 1.14 bits per heavy atom. The Morgan fingerprint density at radius 3 is 2.29 bits per heavy atom. The minimum absolute atomic E-state index is 0.0499. The number of nitrogens with zero attached hydrogens (tertiary/aromatic N) is 1. The summed E-state index contributed by atoms with van der Waals surface area (Å²) >= 11 is 0. The molecule has 28 heavy (non-hydrogen) atoms. The van der Waals surface area contributed by atoms with Crippen molar-refractivity contribution >= 4 is 15.9 Å². The van der Waals surface area contributed by atoms with Crippen LogP contribution in [0.1, 0.15) is 59.1 Å². The molecule has 0 radical (unpaired) electrons. The minimum atomic E-state index is -3.47. The molecule has 0 aliphatic carbocycles. The van der Waals surface area contributed by atoms with E-state index >= 15 is 0 Å². The third-order valence-electron chi connectivity index (χ3n) is 5.14. The molecular formula is C20H34N4O3S. The summed E-state index contributed by atoms with van der Waals surface area (Å²) in [6.07, 6.45) is 1.78. The normalized spacial score (nSPS) is 21.2.